The molecule has 0 spiro atoms. The number of para-hydroxylation sites is 1. The molecule has 0 atom stereocenters. The Morgan fingerprint density at radius 2 is 1.79 bits per heavy atom. The van der Waals surface area contributed by atoms with Gasteiger partial charge in [-0.3, -0.25) is 4.57 Å². The first-order valence-electron chi connectivity index (χ1n) is 10.4. The van der Waals surface area contributed by atoms with Crippen LogP contribution in [0.2, 0.25) is 0 Å². The molecule has 1 aromatic carbocycles. The molecule has 7 nitrogen and oxygen atoms in total. The van der Waals surface area contributed by atoms with Crippen molar-refractivity contribution < 1.29 is 4.52 Å². The number of hydrogen-bond acceptors (Lipinski definition) is 6. The zero-order valence-corrected chi connectivity index (χ0v) is 17.5. The molecule has 0 bridgehead atoms. The minimum Gasteiger partial charge on any atom is -0.339 e. The number of fused-ring (bicyclic) bond motifs is 3. The molecule has 0 saturated heterocycles. The third-order valence-electron chi connectivity index (χ3n) is 6.05. The standard InChI is InChI=1S/C21H25ClN6O/c1-13(2)21-23-19(26-29-21)14-7-9-15(10-8-14)20-25-24-18-12-27(22)11-16-5-3-4-6-17(16)28(18)20/h3-6,13-15H,7-12H2,1-2H3. The lowest BCUT2D eigenvalue weighted by Crippen LogP contribution is -2.17. The Morgan fingerprint density at radius 1 is 1.03 bits per heavy atom. The summed E-state index contributed by atoms with van der Waals surface area (Å²) in [6.07, 6.45) is 4.16. The number of hydrogen-bond donors (Lipinski definition) is 0. The van der Waals surface area contributed by atoms with Gasteiger partial charge in [-0.15, -0.1) is 10.2 Å². The maximum atomic E-state index is 6.41. The van der Waals surface area contributed by atoms with Crippen LogP contribution in [-0.4, -0.2) is 29.3 Å². The van der Waals surface area contributed by atoms with E-state index in [0.717, 1.165) is 54.7 Å². The maximum absolute atomic E-state index is 6.41. The van der Waals surface area contributed by atoms with Crippen molar-refractivity contribution in [3.8, 4) is 5.69 Å². The molecule has 29 heavy (non-hydrogen) atoms. The van der Waals surface area contributed by atoms with Crippen LogP contribution in [0.4, 0.5) is 0 Å². The fourth-order valence-electron chi connectivity index (χ4n) is 4.47. The minimum atomic E-state index is 0.264. The largest absolute Gasteiger partial charge is 0.339 e. The van der Waals surface area contributed by atoms with Crippen molar-refractivity contribution in [3.63, 3.8) is 0 Å². The van der Waals surface area contributed by atoms with Gasteiger partial charge in [0.05, 0.1) is 12.2 Å². The summed E-state index contributed by atoms with van der Waals surface area (Å²) < 4.78 is 9.41. The van der Waals surface area contributed by atoms with Gasteiger partial charge < -0.3 is 4.52 Å². The van der Waals surface area contributed by atoms with Crippen molar-refractivity contribution in [2.24, 2.45) is 0 Å². The highest BCUT2D eigenvalue weighted by molar-refractivity contribution is 6.13. The van der Waals surface area contributed by atoms with E-state index in [0.29, 0.717) is 24.9 Å². The van der Waals surface area contributed by atoms with E-state index in [1.54, 1.807) is 4.42 Å². The lowest BCUT2D eigenvalue weighted by Gasteiger charge is -2.26. The molecule has 2 aromatic heterocycles. The van der Waals surface area contributed by atoms with Crippen LogP contribution in [0.15, 0.2) is 28.8 Å². The molecule has 8 heteroatoms. The molecule has 0 amide bonds. The summed E-state index contributed by atoms with van der Waals surface area (Å²) in [6.45, 7) is 5.43. The normalized spacial score (nSPS) is 22.3. The van der Waals surface area contributed by atoms with Crippen LogP contribution in [0, 0.1) is 0 Å². The second kappa shape index (κ2) is 7.54. The zero-order valence-electron chi connectivity index (χ0n) is 16.8. The van der Waals surface area contributed by atoms with Crippen molar-refractivity contribution in [2.45, 2.75) is 70.4 Å². The van der Waals surface area contributed by atoms with Crippen molar-refractivity contribution in [1.29, 1.82) is 0 Å². The van der Waals surface area contributed by atoms with Gasteiger partial charge in [-0.2, -0.15) is 4.98 Å². The lowest BCUT2D eigenvalue weighted by atomic mass is 9.81. The smallest absolute Gasteiger partial charge is 0.229 e. The van der Waals surface area contributed by atoms with Crippen LogP contribution in [-0.2, 0) is 13.1 Å². The number of rotatable bonds is 3. The van der Waals surface area contributed by atoms with E-state index in [2.05, 4.69) is 63.0 Å². The average Bonchev–Trinajstić information content (AvgIpc) is 3.34. The molecular weight excluding hydrogens is 388 g/mol. The van der Waals surface area contributed by atoms with Crippen molar-refractivity contribution in [3.05, 3.63) is 53.2 Å². The van der Waals surface area contributed by atoms with Crippen LogP contribution in [0.3, 0.4) is 0 Å². The quantitative estimate of drug-likeness (QED) is 0.581. The van der Waals surface area contributed by atoms with Gasteiger partial charge in [-0.1, -0.05) is 37.2 Å². The van der Waals surface area contributed by atoms with Crippen LogP contribution >= 0.6 is 11.8 Å². The van der Waals surface area contributed by atoms with Crippen LogP contribution < -0.4 is 0 Å². The topological polar surface area (TPSA) is 72.9 Å². The van der Waals surface area contributed by atoms with Crippen molar-refractivity contribution in [1.82, 2.24) is 29.3 Å². The van der Waals surface area contributed by atoms with E-state index in [-0.39, 0.29) is 5.92 Å². The van der Waals surface area contributed by atoms with Gasteiger partial charge in [-0.25, -0.2) is 4.42 Å². The number of nitrogens with zero attached hydrogens (tertiary/aromatic N) is 6. The fraction of sp³-hybridized carbons (Fsp3) is 0.524. The Balaban J connectivity index is 1.39. The fourth-order valence-corrected chi connectivity index (χ4v) is 4.71. The summed E-state index contributed by atoms with van der Waals surface area (Å²) in [4.78, 5) is 4.61. The highest BCUT2D eigenvalue weighted by atomic mass is 35.5. The van der Waals surface area contributed by atoms with Crippen LogP contribution in [0.5, 0.6) is 0 Å². The van der Waals surface area contributed by atoms with E-state index in [9.17, 15) is 0 Å². The molecule has 0 N–H and O–H groups in total. The van der Waals surface area contributed by atoms with Gasteiger partial charge in [-0.05, 0) is 49.1 Å². The Labute approximate surface area is 175 Å². The van der Waals surface area contributed by atoms with Gasteiger partial charge in [0, 0.05) is 24.3 Å². The molecule has 1 aliphatic carbocycles. The Morgan fingerprint density at radius 3 is 2.55 bits per heavy atom. The van der Waals surface area contributed by atoms with E-state index in [1.807, 2.05) is 0 Å². The molecule has 3 heterocycles. The lowest BCUT2D eigenvalue weighted by molar-refractivity contribution is 0.337. The van der Waals surface area contributed by atoms with Gasteiger partial charge >= 0.3 is 0 Å². The molecule has 5 rings (SSSR count). The minimum absolute atomic E-state index is 0.264. The number of aromatic nitrogens is 5. The Hall–Kier alpha value is -2.25. The molecular formula is C21H25ClN6O. The first-order valence-corrected chi connectivity index (χ1v) is 10.7. The predicted octanol–water partition coefficient (Wildman–Crippen LogP) is 4.68. The van der Waals surface area contributed by atoms with E-state index >= 15 is 0 Å². The molecule has 3 aromatic rings. The summed E-state index contributed by atoms with van der Waals surface area (Å²) in [5.74, 6) is 4.54. The second-order valence-corrected chi connectivity index (χ2v) is 8.89. The first-order chi connectivity index (χ1) is 14.1. The van der Waals surface area contributed by atoms with Crippen LogP contribution in [0.25, 0.3) is 5.69 Å². The molecule has 1 aliphatic heterocycles. The van der Waals surface area contributed by atoms with Gasteiger partial charge in [0.2, 0.25) is 5.89 Å². The average molecular weight is 413 g/mol. The Kier molecular flexibility index (Phi) is 4.87. The van der Waals surface area contributed by atoms with Gasteiger partial charge in [0.15, 0.2) is 11.6 Å². The SMILES string of the molecule is CC(C)c1nc(C2CCC(c3nnc4n3-c3ccccc3CN(Cl)C4)CC2)no1. The summed E-state index contributed by atoms with van der Waals surface area (Å²) in [5.41, 5.74) is 2.34. The number of benzene rings is 1. The first kappa shape index (κ1) is 18.8. The second-order valence-electron chi connectivity index (χ2n) is 8.41. The summed E-state index contributed by atoms with van der Waals surface area (Å²) in [5, 5.41) is 13.3. The van der Waals surface area contributed by atoms with Crippen LogP contribution in [0.1, 0.15) is 86.2 Å². The van der Waals surface area contributed by atoms with E-state index in [4.69, 9.17) is 16.3 Å². The predicted molar refractivity (Wildman–Crippen MR) is 109 cm³/mol. The monoisotopic (exact) mass is 412 g/mol. The molecule has 0 radical (unpaired) electrons. The summed E-state index contributed by atoms with van der Waals surface area (Å²) in [6, 6.07) is 8.39. The van der Waals surface area contributed by atoms with Crippen molar-refractivity contribution >= 4 is 11.8 Å². The number of halogens is 1. The highest BCUT2D eigenvalue weighted by Gasteiger charge is 2.32. The van der Waals surface area contributed by atoms with Gasteiger partial charge in [0.25, 0.3) is 0 Å². The highest BCUT2D eigenvalue weighted by Crippen LogP contribution is 2.40. The van der Waals surface area contributed by atoms with Crippen molar-refractivity contribution in [2.75, 3.05) is 0 Å². The van der Waals surface area contributed by atoms with E-state index < -0.39 is 0 Å². The molecule has 152 valence electrons. The Bertz CT molecular complexity index is 1000. The zero-order chi connectivity index (χ0) is 20.0. The molecule has 2 aliphatic rings. The maximum Gasteiger partial charge on any atom is 0.229 e. The van der Waals surface area contributed by atoms with Gasteiger partial charge in [0.1, 0.15) is 5.82 Å². The molecule has 1 fully saturated rings. The summed E-state index contributed by atoms with van der Waals surface area (Å²) >= 11 is 6.41. The van der Waals surface area contributed by atoms with E-state index in [1.165, 1.54) is 5.56 Å². The third kappa shape index (κ3) is 3.46. The molecule has 1 saturated carbocycles. The molecule has 0 unspecified atom stereocenters. The third-order valence-corrected chi connectivity index (χ3v) is 6.29. The summed E-state index contributed by atoms with van der Waals surface area (Å²) in [7, 11) is 0.